The largest absolute Gasteiger partial charge is 0.324 e. The fourth-order valence-electron chi connectivity index (χ4n) is 4.23. The van der Waals surface area contributed by atoms with E-state index in [1.54, 1.807) is 16.2 Å². The first-order valence-electron chi connectivity index (χ1n) is 10.2. The van der Waals surface area contributed by atoms with Gasteiger partial charge in [0.1, 0.15) is 0 Å². The predicted molar refractivity (Wildman–Crippen MR) is 127 cm³/mol. The number of aryl methyl sites for hydroxylation is 2. The van der Waals surface area contributed by atoms with Gasteiger partial charge in [0, 0.05) is 34.7 Å². The molecule has 30 heavy (non-hydrogen) atoms. The second-order valence-corrected chi connectivity index (χ2v) is 10.2. The molecule has 0 radical (unpaired) electrons. The number of thiocarbonyl (C=S) groups is 1. The number of thiophene rings is 1. The van der Waals surface area contributed by atoms with Gasteiger partial charge in [0.05, 0.1) is 11.6 Å². The number of benzene rings is 1. The minimum absolute atomic E-state index is 0.00441. The summed E-state index contributed by atoms with van der Waals surface area (Å²) in [6.07, 6.45) is 4.26. The van der Waals surface area contributed by atoms with Crippen LogP contribution in [-0.2, 0) is 24.2 Å². The molecular formula is C24H24ClNO2S2. The van der Waals surface area contributed by atoms with Crippen molar-refractivity contribution in [3.05, 3.63) is 67.9 Å². The van der Waals surface area contributed by atoms with Crippen molar-refractivity contribution >= 4 is 51.7 Å². The Labute approximate surface area is 191 Å². The van der Waals surface area contributed by atoms with Crippen molar-refractivity contribution < 1.29 is 9.59 Å². The maximum atomic E-state index is 12.9. The first kappa shape index (κ1) is 21.4. The van der Waals surface area contributed by atoms with Gasteiger partial charge in [-0.25, -0.2) is 0 Å². The van der Waals surface area contributed by atoms with Crippen LogP contribution >= 0.6 is 35.2 Å². The van der Waals surface area contributed by atoms with E-state index >= 15 is 0 Å². The summed E-state index contributed by atoms with van der Waals surface area (Å²) in [6, 6.07) is 5.77. The lowest BCUT2D eigenvalue weighted by Crippen LogP contribution is -2.43. The van der Waals surface area contributed by atoms with Gasteiger partial charge in [-0.2, -0.15) is 0 Å². The highest BCUT2D eigenvalue weighted by atomic mass is 35.5. The van der Waals surface area contributed by atoms with Gasteiger partial charge in [-0.15, -0.1) is 11.3 Å². The number of carbonyl (C=O) groups excluding carboxylic acids is 2. The fourth-order valence-corrected chi connectivity index (χ4v) is 5.74. The normalized spacial score (nSPS) is 18.8. The molecule has 1 aliphatic heterocycles. The number of halogens is 1. The Morgan fingerprint density at radius 1 is 1.37 bits per heavy atom. The maximum Gasteiger partial charge on any atom is 0.255 e. The number of rotatable bonds is 6. The summed E-state index contributed by atoms with van der Waals surface area (Å²) in [5.41, 5.74) is 5.02. The topological polar surface area (TPSA) is 37.4 Å². The second kappa shape index (κ2) is 8.74. The van der Waals surface area contributed by atoms with E-state index in [1.165, 1.54) is 4.88 Å². The molecule has 2 aliphatic rings. The summed E-state index contributed by atoms with van der Waals surface area (Å²) >= 11 is 13.5. The smallest absolute Gasteiger partial charge is 0.255 e. The number of allylic oxidation sites excluding steroid dienone is 1. The summed E-state index contributed by atoms with van der Waals surface area (Å²) in [6.45, 7) is 6.45. The molecule has 156 valence electrons. The molecule has 1 fully saturated rings. The molecule has 0 N–H and O–H groups in total. The SMILES string of the molecule is C=C1CCC(N2Cc3c(csc3CCC(=S)Cc3ccc(C)c(Cl)c3)C2=O)C(=O)C1. The van der Waals surface area contributed by atoms with Crippen LogP contribution in [-0.4, -0.2) is 27.5 Å². The summed E-state index contributed by atoms with van der Waals surface area (Å²) in [4.78, 5) is 29.3. The molecule has 1 aromatic heterocycles. The minimum Gasteiger partial charge on any atom is -0.324 e. The van der Waals surface area contributed by atoms with E-state index in [2.05, 4.69) is 12.6 Å². The van der Waals surface area contributed by atoms with Gasteiger partial charge in [0.25, 0.3) is 5.91 Å². The third kappa shape index (κ3) is 4.29. The second-order valence-electron chi connectivity index (χ2n) is 8.23. The zero-order chi connectivity index (χ0) is 21.4. The highest BCUT2D eigenvalue weighted by molar-refractivity contribution is 7.80. The van der Waals surface area contributed by atoms with Crippen LogP contribution in [0.15, 0.2) is 35.7 Å². The molecule has 0 saturated heterocycles. The van der Waals surface area contributed by atoms with Crippen molar-refractivity contribution in [2.24, 2.45) is 0 Å². The number of ketones is 1. The first-order chi connectivity index (χ1) is 14.3. The molecule has 1 aromatic carbocycles. The quantitative estimate of drug-likeness (QED) is 0.401. The number of Topliss-reactive ketones (excluding diaryl/α,β-unsaturated/α-hetero) is 1. The van der Waals surface area contributed by atoms with E-state index in [0.717, 1.165) is 63.4 Å². The van der Waals surface area contributed by atoms with E-state index < -0.39 is 0 Å². The van der Waals surface area contributed by atoms with Crippen molar-refractivity contribution in [1.29, 1.82) is 0 Å². The Morgan fingerprint density at radius 2 is 2.17 bits per heavy atom. The number of carbonyl (C=O) groups is 2. The number of amides is 1. The average molecular weight is 458 g/mol. The van der Waals surface area contributed by atoms with Gasteiger partial charge >= 0.3 is 0 Å². The van der Waals surface area contributed by atoms with Gasteiger partial charge in [0.15, 0.2) is 5.78 Å². The van der Waals surface area contributed by atoms with Gasteiger partial charge in [-0.1, -0.05) is 48.1 Å². The molecule has 1 saturated carbocycles. The van der Waals surface area contributed by atoms with Crippen LogP contribution < -0.4 is 0 Å². The standard InChI is InChI=1S/C24H24ClNO2S2/c1-14-3-7-21(22(27)9-14)26-12-18-19(24(26)28)13-30-23(18)8-6-17(29)10-16-5-4-15(2)20(25)11-16/h4-5,11,13,21H,1,3,6-10,12H2,2H3. The van der Waals surface area contributed by atoms with Crippen LogP contribution in [0.3, 0.4) is 0 Å². The zero-order valence-corrected chi connectivity index (χ0v) is 19.4. The molecule has 1 aliphatic carbocycles. The molecule has 3 nitrogen and oxygen atoms in total. The first-order valence-corrected chi connectivity index (χ1v) is 11.9. The highest BCUT2D eigenvalue weighted by Crippen LogP contribution is 2.36. The lowest BCUT2D eigenvalue weighted by molar-refractivity contribution is -0.124. The number of nitrogens with zero attached hydrogens (tertiary/aromatic N) is 1. The Bertz CT molecular complexity index is 1060. The maximum absolute atomic E-state index is 12.9. The lowest BCUT2D eigenvalue weighted by Gasteiger charge is -2.30. The summed E-state index contributed by atoms with van der Waals surface area (Å²) < 4.78 is 0. The van der Waals surface area contributed by atoms with Gasteiger partial charge in [0.2, 0.25) is 0 Å². The lowest BCUT2D eigenvalue weighted by atomic mass is 9.89. The molecule has 2 aromatic rings. The number of hydrogen-bond acceptors (Lipinski definition) is 4. The molecular weight excluding hydrogens is 434 g/mol. The Kier molecular flexibility index (Phi) is 6.24. The van der Waals surface area contributed by atoms with E-state index in [0.29, 0.717) is 19.4 Å². The van der Waals surface area contributed by atoms with Gasteiger partial charge in [-0.05, 0) is 60.2 Å². The molecule has 2 heterocycles. The van der Waals surface area contributed by atoms with Crippen LogP contribution in [0.2, 0.25) is 5.02 Å². The minimum atomic E-state index is -0.305. The number of hydrogen-bond donors (Lipinski definition) is 0. The van der Waals surface area contributed by atoms with Crippen molar-refractivity contribution in [3.8, 4) is 0 Å². The Morgan fingerprint density at radius 3 is 2.90 bits per heavy atom. The summed E-state index contributed by atoms with van der Waals surface area (Å²) in [7, 11) is 0. The summed E-state index contributed by atoms with van der Waals surface area (Å²) in [5.74, 6) is 0.114. The van der Waals surface area contributed by atoms with Gasteiger partial charge in [-0.3, -0.25) is 9.59 Å². The number of fused-ring (bicyclic) bond motifs is 1. The van der Waals surface area contributed by atoms with E-state index in [1.807, 2.05) is 24.4 Å². The zero-order valence-electron chi connectivity index (χ0n) is 17.0. The molecule has 6 heteroatoms. The van der Waals surface area contributed by atoms with Crippen LogP contribution in [0.4, 0.5) is 0 Å². The predicted octanol–water partition coefficient (Wildman–Crippen LogP) is 5.89. The highest BCUT2D eigenvalue weighted by Gasteiger charge is 2.39. The van der Waals surface area contributed by atoms with Crippen LogP contribution in [0.1, 0.15) is 57.6 Å². The van der Waals surface area contributed by atoms with E-state index in [4.69, 9.17) is 23.8 Å². The Balaban J connectivity index is 1.39. The third-order valence-corrected chi connectivity index (χ3v) is 7.86. The van der Waals surface area contributed by atoms with Crippen LogP contribution in [0.5, 0.6) is 0 Å². The molecule has 1 unspecified atom stereocenters. The van der Waals surface area contributed by atoms with E-state index in [9.17, 15) is 9.59 Å². The Hall–Kier alpha value is -1.82. The molecule has 0 spiro atoms. The third-order valence-electron chi connectivity index (χ3n) is 6.01. The van der Waals surface area contributed by atoms with Gasteiger partial charge < -0.3 is 4.90 Å². The molecule has 4 rings (SSSR count). The summed E-state index contributed by atoms with van der Waals surface area (Å²) in [5, 5.41) is 2.72. The molecule has 0 bridgehead atoms. The van der Waals surface area contributed by atoms with Crippen molar-refractivity contribution in [1.82, 2.24) is 4.90 Å². The van der Waals surface area contributed by atoms with Crippen molar-refractivity contribution in [3.63, 3.8) is 0 Å². The van der Waals surface area contributed by atoms with Crippen molar-refractivity contribution in [2.75, 3.05) is 0 Å². The van der Waals surface area contributed by atoms with Crippen molar-refractivity contribution in [2.45, 2.75) is 58.0 Å². The van der Waals surface area contributed by atoms with E-state index in [-0.39, 0.29) is 17.7 Å². The molecule has 1 amide bonds. The molecule has 1 atom stereocenters. The fraction of sp³-hybridized carbons (Fsp3) is 0.375. The van der Waals surface area contributed by atoms with Crippen LogP contribution in [0, 0.1) is 6.92 Å². The monoisotopic (exact) mass is 457 g/mol. The van der Waals surface area contributed by atoms with Crippen LogP contribution in [0.25, 0.3) is 0 Å². The average Bonchev–Trinajstić information content (AvgIpc) is 3.23.